The first-order chi connectivity index (χ1) is 4.72. The third-order valence-corrected chi connectivity index (χ3v) is 1.29. The third-order valence-electron chi connectivity index (χ3n) is 0.989. The summed E-state index contributed by atoms with van der Waals surface area (Å²) in [5.41, 5.74) is 0.0316. The Morgan fingerprint density at radius 2 is 2.27 bits per heavy atom. The van der Waals surface area contributed by atoms with Crippen LogP contribution in [0.25, 0.3) is 0 Å². The number of rotatable bonds is 1. The molecule has 0 bridgehead atoms. The van der Waals surface area contributed by atoms with E-state index in [2.05, 4.69) is 4.98 Å². The van der Waals surface area contributed by atoms with Gasteiger partial charge in [0.1, 0.15) is 5.15 Å². The van der Waals surface area contributed by atoms with Gasteiger partial charge in [0.15, 0.2) is 0 Å². The fourth-order valence-corrected chi connectivity index (χ4v) is 0.746. The van der Waals surface area contributed by atoms with E-state index in [9.17, 15) is 4.79 Å². The van der Waals surface area contributed by atoms with E-state index in [0.29, 0.717) is 0 Å². The first kappa shape index (κ1) is 10.5. The van der Waals surface area contributed by atoms with Crippen molar-refractivity contribution >= 4 is 36.4 Å². The Bertz CT molecular complexity index is 267. The number of aromatic nitrogens is 1. The van der Waals surface area contributed by atoms with E-state index in [-0.39, 0.29) is 29.6 Å². The number of aromatic carboxylic acids is 1. The molecule has 5 heteroatoms. The molecule has 11 heavy (non-hydrogen) atoms. The van der Waals surface area contributed by atoms with Gasteiger partial charge in [-0.25, -0.2) is 9.78 Å². The zero-order chi connectivity index (χ0) is 7.56. The molecule has 1 aromatic heterocycles. The van der Waals surface area contributed by atoms with E-state index in [1.807, 2.05) is 0 Å². The van der Waals surface area contributed by atoms with Crippen molar-refractivity contribution in [1.82, 2.24) is 4.98 Å². The summed E-state index contributed by atoms with van der Waals surface area (Å²) in [5, 5.41) is 8.46. The molecule has 1 rings (SSSR count). The second kappa shape index (κ2) is 4.40. The van der Waals surface area contributed by atoms with Gasteiger partial charge in [0.25, 0.3) is 0 Å². The van der Waals surface area contributed by atoms with E-state index in [4.69, 9.17) is 16.7 Å². The van der Waals surface area contributed by atoms with E-state index < -0.39 is 5.97 Å². The van der Waals surface area contributed by atoms with Crippen molar-refractivity contribution in [3.8, 4) is 0 Å². The van der Waals surface area contributed by atoms with Gasteiger partial charge in [-0.15, -0.1) is 0 Å². The molecular formula is C6H5ClLiNO2. The van der Waals surface area contributed by atoms with Gasteiger partial charge in [-0.1, -0.05) is 11.6 Å². The van der Waals surface area contributed by atoms with Crippen molar-refractivity contribution in [3.63, 3.8) is 0 Å². The maximum atomic E-state index is 10.3. The van der Waals surface area contributed by atoms with Crippen LogP contribution in [0.4, 0.5) is 0 Å². The molecule has 0 amide bonds. The normalized spacial score (nSPS) is 8.45. The fourth-order valence-electron chi connectivity index (χ4n) is 0.546. The molecule has 1 aromatic rings. The molecule has 0 aliphatic rings. The summed E-state index contributed by atoms with van der Waals surface area (Å²) in [4.78, 5) is 13.9. The van der Waals surface area contributed by atoms with Gasteiger partial charge in [-0.05, 0) is 12.1 Å². The van der Waals surface area contributed by atoms with Crippen LogP contribution in [-0.2, 0) is 0 Å². The van der Waals surface area contributed by atoms with Crippen molar-refractivity contribution in [2.75, 3.05) is 0 Å². The molecule has 1 heterocycles. The van der Waals surface area contributed by atoms with Crippen molar-refractivity contribution in [1.29, 1.82) is 0 Å². The van der Waals surface area contributed by atoms with Gasteiger partial charge in [0.2, 0.25) is 0 Å². The number of hydrogen-bond acceptors (Lipinski definition) is 2. The van der Waals surface area contributed by atoms with Gasteiger partial charge in [0, 0.05) is 6.20 Å². The van der Waals surface area contributed by atoms with Gasteiger partial charge in [-0.3, -0.25) is 0 Å². The molecule has 1 N–H and O–H groups in total. The first-order valence-corrected chi connectivity index (χ1v) is 2.93. The monoisotopic (exact) mass is 165 g/mol. The number of hydrogen-bond donors (Lipinski definition) is 1. The van der Waals surface area contributed by atoms with Gasteiger partial charge in [-0.2, -0.15) is 0 Å². The number of pyridine rings is 1. The van der Waals surface area contributed by atoms with Crippen LogP contribution in [0.15, 0.2) is 18.3 Å². The Morgan fingerprint density at radius 1 is 1.64 bits per heavy atom. The van der Waals surface area contributed by atoms with Crippen LogP contribution >= 0.6 is 11.6 Å². The predicted octanol–water partition coefficient (Wildman–Crippen LogP) is 0.785. The third kappa shape index (κ3) is 2.55. The molecule has 3 nitrogen and oxygen atoms in total. The Labute approximate surface area is 80.6 Å². The molecule has 54 valence electrons. The van der Waals surface area contributed by atoms with E-state index in [1.165, 1.54) is 18.3 Å². The summed E-state index contributed by atoms with van der Waals surface area (Å²) in [5.74, 6) is -1.06. The van der Waals surface area contributed by atoms with Gasteiger partial charge >= 0.3 is 24.8 Å². The van der Waals surface area contributed by atoms with Crippen LogP contribution in [0.3, 0.4) is 0 Å². The number of carboxylic acids is 1. The first-order valence-electron chi connectivity index (χ1n) is 2.55. The molecule has 0 aromatic carbocycles. The SMILES string of the molecule is O=C(O)c1cccnc1Cl.[LiH]. The number of carboxylic acid groups (broad SMARTS) is 1. The molecule has 0 atom stereocenters. The van der Waals surface area contributed by atoms with E-state index >= 15 is 0 Å². The Hall–Kier alpha value is -0.493. The second-order valence-corrected chi connectivity index (χ2v) is 2.00. The Balaban J connectivity index is 0.000001000. The molecule has 0 saturated carbocycles. The van der Waals surface area contributed by atoms with Crippen molar-refractivity contribution in [2.24, 2.45) is 0 Å². The quantitative estimate of drug-likeness (QED) is 0.494. The molecular weight excluding hydrogens is 160 g/mol. The summed E-state index contributed by atoms with van der Waals surface area (Å²) in [7, 11) is 0. The Kier molecular flexibility index (Phi) is 4.20. The summed E-state index contributed by atoms with van der Waals surface area (Å²) in [6, 6.07) is 2.92. The molecule has 0 saturated heterocycles. The van der Waals surface area contributed by atoms with Crippen LogP contribution in [-0.4, -0.2) is 34.9 Å². The minimum atomic E-state index is -1.06. The van der Waals surface area contributed by atoms with E-state index in [1.54, 1.807) is 0 Å². The zero-order valence-corrected chi connectivity index (χ0v) is 5.67. The topological polar surface area (TPSA) is 50.2 Å². The maximum absolute atomic E-state index is 10.3. The molecule has 0 aliphatic heterocycles. The Morgan fingerprint density at radius 3 is 2.64 bits per heavy atom. The standard InChI is InChI=1S/C6H4ClNO2.Li.H/c7-5-4(6(9)10)2-1-3-8-5;;/h1-3H,(H,9,10);;. The van der Waals surface area contributed by atoms with Crippen LogP contribution in [0, 0.1) is 0 Å². The van der Waals surface area contributed by atoms with Crippen LogP contribution in [0.2, 0.25) is 5.15 Å². The van der Waals surface area contributed by atoms with Crippen molar-refractivity contribution in [2.45, 2.75) is 0 Å². The van der Waals surface area contributed by atoms with Crippen LogP contribution in [0.1, 0.15) is 10.4 Å². The molecule has 0 unspecified atom stereocenters. The predicted molar refractivity (Wildman–Crippen MR) is 43.4 cm³/mol. The van der Waals surface area contributed by atoms with Crippen molar-refractivity contribution < 1.29 is 9.90 Å². The minimum absolute atomic E-state index is 0. The van der Waals surface area contributed by atoms with Crippen LogP contribution in [0.5, 0.6) is 0 Å². The summed E-state index contributed by atoms with van der Waals surface area (Å²) < 4.78 is 0. The molecule has 0 spiro atoms. The average Bonchev–Trinajstić information content (AvgIpc) is 1.88. The summed E-state index contributed by atoms with van der Waals surface area (Å²) >= 11 is 5.43. The fraction of sp³-hybridized carbons (Fsp3) is 0. The average molecular weight is 166 g/mol. The number of nitrogens with zero attached hydrogens (tertiary/aromatic N) is 1. The molecule has 0 fully saturated rings. The summed E-state index contributed by atoms with van der Waals surface area (Å²) in [6.07, 6.45) is 1.44. The molecule has 0 radical (unpaired) electrons. The zero-order valence-electron chi connectivity index (χ0n) is 4.91. The number of carbonyl (C=O) groups is 1. The van der Waals surface area contributed by atoms with Gasteiger partial charge in [0.05, 0.1) is 5.56 Å². The van der Waals surface area contributed by atoms with E-state index in [0.717, 1.165) is 0 Å². The van der Waals surface area contributed by atoms with Gasteiger partial charge < -0.3 is 5.11 Å². The number of halogens is 1. The molecule has 0 aliphatic carbocycles. The summed E-state index contributed by atoms with van der Waals surface area (Å²) in [6.45, 7) is 0. The van der Waals surface area contributed by atoms with Crippen molar-refractivity contribution in [3.05, 3.63) is 29.0 Å². The second-order valence-electron chi connectivity index (χ2n) is 1.65. The van der Waals surface area contributed by atoms with Crippen LogP contribution < -0.4 is 0 Å².